The van der Waals surface area contributed by atoms with Crippen molar-refractivity contribution < 1.29 is 4.79 Å². The van der Waals surface area contributed by atoms with E-state index in [-0.39, 0.29) is 11.9 Å². The Labute approximate surface area is 146 Å². The average Bonchev–Trinajstić information content (AvgIpc) is 3.26. The number of fused-ring (bicyclic) bond motifs is 1. The molecule has 0 spiro atoms. The smallest absolute Gasteiger partial charge is 0.254 e. The number of hydrogen-bond donors (Lipinski definition) is 0. The molecule has 0 radical (unpaired) electrons. The van der Waals surface area contributed by atoms with Crippen molar-refractivity contribution in [2.45, 2.75) is 32.7 Å². The van der Waals surface area contributed by atoms with E-state index in [0.717, 1.165) is 41.8 Å². The Morgan fingerprint density at radius 2 is 2.00 bits per heavy atom. The van der Waals surface area contributed by atoms with Gasteiger partial charge in [-0.1, -0.05) is 5.21 Å². The van der Waals surface area contributed by atoms with E-state index in [4.69, 9.17) is 0 Å². The minimum Gasteiger partial charge on any atom is -0.331 e. The van der Waals surface area contributed by atoms with Crippen LogP contribution in [-0.2, 0) is 14.1 Å². The van der Waals surface area contributed by atoms with E-state index in [2.05, 4.69) is 22.3 Å². The molecule has 0 aliphatic carbocycles. The van der Waals surface area contributed by atoms with Gasteiger partial charge in [-0.25, -0.2) is 4.68 Å². The fourth-order valence-corrected chi connectivity index (χ4v) is 3.92. The Morgan fingerprint density at radius 3 is 2.72 bits per heavy atom. The summed E-state index contributed by atoms with van der Waals surface area (Å²) >= 11 is 0. The van der Waals surface area contributed by atoms with Crippen LogP contribution in [0.25, 0.3) is 11.0 Å². The first-order valence-corrected chi connectivity index (χ1v) is 8.58. The molecule has 7 heteroatoms. The Balaban J connectivity index is 1.70. The predicted octanol–water partition coefficient (Wildman–Crippen LogP) is 2.30. The molecule has 1 saturated heterocycles. The third-order valence-electron chi connectivity index (χ3n) is 5.27. The van der Waals surface area contributed by atoms with Crippen molar-refractivity contribution in [3.8, 4) is 0 Å². The van der Waals surface area contributed by atoms with E-state index in [1.165, 1.54) is 5.56 Å². The van der Waals surface area contributed by atoms with Crippen molar-refractivity contribution in [2.24, 2.45) is 14.1 Å². The van der Waals surface area contributed by atoms with Gasteiger partial charge in [-0.3, -0.25) is 9.48 Å². The third-order valence-corrected chi connectivity index (χ3v) is 5.27. The number of aromatic nitrogens is 5. The second-order valence-electron chi connectivity index (χ2n) is 6.78. The van der Waals surface area contributed by atoms with Gasteiger partial charge in [0.1, 0.15) is 5.52 Å². The molecule has 130 valence electrons. The Bertz CT molecular complexity index is 970. The molecule has 1 amide bonds. The number of nitrogens with zero attached hydrogens (tertiary/aromatic N) is 6. The molecule has 2 aromatic heterocycles. The van der Waals surface area contributed by atoms with Crippen LogP contribution in [0.1, 0.15) is 46.2 Å². The van der Waals surface area contributed by atoms with E-state index in [9.17, 15) is 4.79 Å². The Morgan fingerprint density at radius 1 is 1.20 bits per heavy atom. The maximum atomic E-state index is 13.2. The number of carbonyl (C=O) groups is 1. The van der Waals surface area contributed by atoms with Gasteiger partial charge in [0.05, 0.1) is 17.3 Å². The first-order chi connectivity index (χ1) is 12.0. The number of rotatable bonds is 2. The molecular weight excluding hydrogens is 316 g/mol. The summed E-state index contributed by atoms with van der Waals surface area (Å²) in [6.45, 7) is 4.87. The second-order valence-corrected chi connectivity index (χ2v) is 6.78. The number of likely N-dealkylation sites (tertiary alicyclic amines) is 1. The first kappa shape index (κ1) is 15.8. The highest BCUT2D eigenvalue weighted by Crippen LogP contribution is 2.36. The maximum Gasteiger partial charge on any atom is 0.254 e. The van der Waals surface area contributed by atoms with Crippen LogP contribution in [0.5, 0.6) is 0 Å². The van der Waals surface area contributed by atoms with E-state index in [1.807, 2.05) is 48.8 Å². The van der Waals surface area contributed by atoms with Crippen molar-refractivity contribution in [1.29, 1.82) is 0 Å². The summed E-state index contributed by atoms with van der Waals surface area (Å²) < 4.78 is 3.61. The highest BCUT2D eigenvalue weighted by Gasteiger charge is 2.34. The SMILES string of the molecule is Cc1nn(C)c(C)c1[C@H]1CCCN1C(=O)c1ccc2c(c1)nnn2C. The lowest BCUT2D eigenvalue weighted by atomic mass is 10.0. The largest absolute Gasteiger partial charge is 0.331 e. The summed E-state index contributed by atoms with van der Waals surface area (Å²) in [5.41, 5.74) is 5.67. The molecule has 0 bridgehead atoms. The molecule has 1 aliphatic rings. The number of benzene rings is 1. The predicted molar refractivity (Wildman–Crippen MR) is 94.2 cm³/mol. The van der Waals surface area contributed by atoms with Crippen LogP contribution >= 0.6 is 0 Å². The van der Waals surface area contributed by atoms with E-state index in [1.54, 1.807) is 4.68 Å². The summed E-state index contributed by atoms with van der Waals surface area (Å²) in [6.07, 6.45) is 1.99. The zero-order valence-corrected chi connectivity index (χ0v) is 15.0. The van der Waals surface area contributed by atoms with Crippen molar-refractivity contribution in [2.75, 3.05) is 6.54 Å². The molecule has 25 heavy (non-hydrogen) atoms. The number of hydrogen-bond acceptors (Lipinski definition) is 4. The van der Waals surface area contributed by atoms with Gasteiger partial charge in [0, 0.05) is 37.5 Å². The topological polar surface area (TPSA) is 68.8 Å². The lowest BCUT2D eigenvalue weighted by molar-refractivity contribution is 0.0735. The molecule has 0 saturated carbocycles. The molecule has 3 aromatic rings. The Hall–Kier alpha value is -2.70. The van der Waals surface area contributed by atoms with E-state index in [0.29, 0.717) is 5.56 Å². The lowest BCUT2D eigenvalue weighted by Crippen LogP contribution is -2.31. The van der Waals surface area contributed by atoms with Crippen molar-refractivity contribution in [1.82, 2.24) is 29.7 Å². The number of carbonyl (C=O) groups excluding carboxylic acids is 1. The van der Waals surface area contributed by atoms with Gasteiger partial charge in [-0.2, -0.15) is 5.10 Å². The van der Waals surface area contributed by atoms with Crippen molar-refractivity contribution >= 4 is 16.9 Å². The number of aryl methyl sites for hydroxylation is 3. The van der Waals surface area contributed by atoms with Crippen LogP contribution in [0, 0.1) is 13.8 Å². The highest BCUT2D eigenvalue weighted by atomic mass is 16.2. The average molecular weight is 338 g/mol. The van der Waals surface area contributed by atoms with Gasteiger partial charge in [0.25, 0.3) is 5.91 Å². The Kier molecular flexibility index (Phi) is 3.59. The molecule has 7 nitrogen and oxygen atoms in total. The molecule has 1 fully saturated rings. The van der Waals surface area contributed by atoms with Crippen LogP contribution in [0.3, 0.4) is 0 Å². The monoisotopic (exact) mass is 338 g/mol. The van der Waals surface area contributed by atoms with Crippen LogP contribution < -0.4 is 0 Å². The molecule has 4 rings (SSSR count). The van der Waals surface area contributed by atoms with Crippen LogP contribution in [0.15, 0.2) is 18.2 Å². The standard InChI is InChI=1S/C18H22N6O/c1-11-17(12(2)22(3)20-11)16-6-5-9-24(16)18(25)13-7-8-15-14(10-13)19-21-23(15)4/h7-8,10,16H,5-6,9H2,1-4H3/t16-/m1/s1. The summed E-state index contributed by atoms with van der Waals surface area (Å²) in [4.78, 5) is 15.1. The number of amides is 1. The highest BCUT2D eigenvalue weighted by molar-refractivity contribution is 5.97. The molecular formula is C18H22N6O. The minimum atomic E-state index is 0.0534. The third kappa shape index (κ3) is 2.42. The van der Waals surface area contributed by atoms with Crippen molar-refractivity contribution in [3.63, 3.8) is 0 Å². The molecule has 0 N–H and O–H groups in total. The minimum absolute atomic E-state index is 0.0534. The normalized spacial score (nSPS) is 17.6. The zero-order chi connectivity index (χ0) is 17.7. The maximum absolute atomic E-state index is 13.2. The van der Waals surface area contributed by atoms with Crippen LogP contribution in [-0.4, -0.2) is 42.1 Å². The first-order valence-electron chi connectivity index (χ1n) is 8.58. The van der Waals surface area contributed by atoms with Gasteiger partial charge in [0.2, 0.25) is 0 Å². The summed E-state index contributed by atoms with van der Waals surface area (Å²) in [5.74, 6) is 0.0534. The van der Waals surface area contributed by atoms with E-state index < -0.39 is 0 Å². The van der Waals surface area contributed by atoms with Crippen LogP contribution in [0.4, 0.5) is 0 Å². The molecule has 0 unspecified atom stereocenters. The fourth-order valence-electron chi connectivity index (χ4n) is 3.92. The molecule has 1 aliphatic heterocycles. The summed E-state index contributed by atoms with van der Waals surface area (Å²) in [5, 5.41) is 12.7. The van der Waals surface area contributed by atoms with Gasteiger partial charge in [0.15, 0.2) is 0 Å². The summed E-state index contributed by atoms with van der Waals surface area (Å²) in [7, 11) is 3.80. The lowest BCUT2D eigenvalue weighted by Gasteiger charge is -2.25. The second kappa shape index (κ2) is 5.68. The molecule has 3 heterocycles. The van der Waals surface area contributed by atoms with Gasteiger partial charge in [-0.05, 0) is 44.9 Å². The van der Waals surface area contributed by atoms with Gasteiger partial charge in [-0.15, -0.1) is 5.10 Å². The van der Waals surface area contributed by atoms with E-state index >= 15 is 0 Å². The fraction of sp³-hybridized carbons (Fsp3) is 0.444. The van der Waals surface area contributed by atoms with Gasteiger partial charge < -0.3 is 4.90 Å². The summed E-state index contributed by atoms with van der Waals surface area (Å²) in [6, 6.07) is 5.71. The zero-order valence-electron chi connectivity index (χ0n) is 15.0. The quantitative estimate of drug-likeness (QED) is 0.719. The van der Waals surface area contributed by atoms with Crippen molar-refractivity contribution in [3.05, 3.63) is 40.7 Å². The molecule has 1 aromatic carbocycles. The van der Waals surface area contributed by atoms with Gasteiger partial charge >= 0.3 is 0 Å². The van der Waals surface area contributed by atoms with Crippen LogP contribution in [0.2, 0.25) is 0 Å². The molecule has 1 atom stereocenters.